The van der Waals surface area contributed by atoms with E-state index in [4.69, 9.17) is 5.73 Å². The number of anilines is 1. The largest absolute Gasteiger partial charge is 0.370 e. The van der Waals surface area contributed by atoms with Gasteiger partial charge in [0.15, 0.2) is 0 Å². The molecule has 1 rings (SSSR count). The van der Waals surface area contributed by atoms with Crippen molar-refractivity contribution >= 4 is 5.69 Å². The number of nitrogens with two attached hydrogens (primary N) is 1. The summed E-state index contributed by atoms with van der Waals surface area (Å²) < 4.78 is 0. The number of benzene rings is 1. The summed E-state index contributed by atoms with van der Waals surface area (Å²) in [7, 11) is 0. The Labute approximate surface area is 112 Å². The molecule has 0 heterocycles. The molecule has 0 fully saturated rings. The first-order valence-electron chi connectivity index (χ1n) is 6.90. The summed E-state index contributed by atoms with van der Waals surface area (Å²) >= 11 is 0. The standard InChI is InChI=1S/C16H28N2/c1-13(2)12-18(11-10-17)15-8-6-14(7-9-15)16(3,4)5/h6-9,13H,10-12,17H2,1-5H3. The van der Waals surface area contributed by atoms with Crippen molar-refractivity contribution in [3.05, 3.63) is 29.8 Å². The molecule has 2 heteroatoms. The average Bonchev–Trinajstić information content (AvgIpc) is 2.27. The Bertz CT molecular complexity index is 346. The minimum atomic E-state index is 0.218. The Hall–Kier alpha value is -1.02. The van der Waals surface area contributed by atoms with Gasteiger partial charge in [0.05, 0.1) is 0 Å². The van der Waals surface area contributed by atoms with Gasteiger partial charge in [-0.3, -0.25) is 0 Å². The van der Waals surface area contributed by atoms with Gasteiger partial charge in [-0.25, -0.2) is 0 Å². The van der Waals surface area contributed by atoms with Gasteiger partial charge < -0.3 is 10.6 Å². The molecule has 1 aromatic carbocycles. The van der Waals surface area contributed by atoms with Crippen LogP contribution in [-0.2, 0) is 5.41 Å². The summed E-state index contributed by atoms with van der Waals surface area (Å²) in [6.07, 6.45) is 0. The van der Waals surface area contributed by atoms with Crippen LogP contribution in [0.15, 0.2) is 24.3 Å². The van der Waals surface area contributed by atoms with E-state index in [0.29, 0.717) is 12.5 Å². The van der Waals surface area contributed by atoms with Gasteiger partial charge >= 0.3 is 0 Å². The van der Waals surface area contributed by atoms with Crippen molar-refractivity contribution in [2.24, 2.45) is 11.7 Å². The third-order valence-corrected chi connectivity index (χ3v) is 3.08. The molecule has 18 heavy (non-hydrogen) atoms. The van der Waals surface area contributed by atoms with Gasteiger partial charge in [-0.2, -0.15) is 0 Å². The van der Waals surface area contributed by atoms with Gasteiger partial charge in [0.2, 0.25) is 0 Å². The molecule has 0 saturated carbocycles. The van der Waals surface area contributed by atoms with Crippen LogP contribution in [0.5, 0.6) is 0 Å². The predicted octanol–water partition coefficient (Wildman–Crippen LogP) is 3.41. The molecule has 2 nitrogen and oxygen atoms in total. The molecule has 0 aliphatic rings. The van der Waals surface area contributed by atoms with Gasteiger partial charge in [0.1, 0.15) is 0 Å². The summed E-state index contributed by atoms with van der Waals surface area (Å²) in [5.41, 5.74) is 8.58. The fourth-order valence-electron chi connectivity index (χ4n) is 2.09. The minimum absolute atomic E-state index is 0.218. The highest BCUT2D eigenvalue weighted by Gasteiger charge is 2.14. The molecule has 0 aliphatic carbocycles. The number of hydrogen-bond acceptors (Lipinski definition) is 2. The summed E-state index contributed by atoms with van der Waals surface area (Å²) in [4.78, 5) is 2.37. The Morgan fingerprint density at radius 1 is 1.11 bits per heavy atom. The lowest BCUT2D eigenvalue weighted by atomic mass is 9.87. The number of hydrogen-bond donors (Lipinski definition) is 1. The first-order valence-corrected chi connectivity index (χ1v) is 6.90. The molecule has 0 aromatic heterocycles. The molecule has 0 aliphatic heterocycles. The molecular formula is C16H28N2. The summed E-state index contributed by atoms with van der Waals surface area (Å²) in [6, 6.07) is 8.91. The Kier molecular flexibility index (Phi) is 5.21. The molecule has 0 bridgehead atoms. The first kappa shape index (κ1) is 15.0. The second-order valence-corrected chi connectivity index (χ2v) is 6.43. The van der Waals surface area contributed by atoms with Crippen LogP contribution in [0.25, 0.3) is 0 Å². The summed E-state index contributed by atoms with van der Waals surface area (Å²) in [5, 5.41) is 0. The first-order chi connectivity index (χ1) is 8.34. The zero-order valence-corrected chi connectivity index (χ0v) is 12.5. The molecule has 102 valence electrons. The van der Waals surface area contributed by atoms with E-state index >= 15 is 0 Å². The Morgan fingerprint density at radius 3 is 2.06 bits per heavy atom. The monoisotopic (exact) mass is 248 g/mol. The maximum atomic E-state index is 5.70. The van der Waals surface area contributed by atoms with E-state index in [1.54, 1.807) is 0 Å². The molecule has 0 unspecified atom stereocenters. The lowest BCUT2D eigenvalue weighted by Gasteiger charge is -2.27. The highest BCUT2D eigenvalue weighted by atomic mass is 15.1. The topological polar surface area (TPSA) is 29.3 Å². The van der Waals surface area contributed by atoms with Gasteiger partial charge in [-0.1, -0.05) is 46.8 Å². The SMILES string of the molecule is CC(C)CN(CCN)c1ccc(C(C)(C)C)cc1. The highest BCUT2D eigenvalue weighted by molar-refractivity contribution is 5.48. The van der Waals surface area contributed by atoms with Crippen LogP contribution in [0.4, 0.5) is 5.69 Å². The number of rotatable bonds is 5. The molecule has 0 radical (unpaired) electrons. The lowest BCUT2D eigenvalue weighted by molar-refractivity contribution is 0.589. The van der Waals surface area contributed by atoms with Crippen molar-refractivity contribution in [3.63, 3.8) is 0 Å². The van der Waals surface area contributed by atoms with Crippen LogP contribution in [0.2, 0.25) is 0 Å². The van der Waals surface area contributed by atoms with Crippen molar-refractivity contribution < 1.29 is 0 Å². The maximum absolute atomic E-state index is 5.70. The smallest absolute Gasteiger partial charge is 0.0366 e. The fourth-order valence-corrected chi connectivity index (χ4v) is 2.09. The van der Waals surface area contributed by atoms with Crippen molar-refractivity contribution in [2.45, 2.75) is 40.0 Å². The van der Waals surface area contributed by atoms with Crippen LogP contribution in [0.3, 0.4) is 0 Å². The maximum Gasteiger partial charge on any atom is 0.0366 e. The molecule has 0 spiro atoms. The van der Waals surface area contributed by atoms with E-state index in [1.807, 2.05) is 0 Å². The molecule has 0 amide bonds. The van der Waals surface area contributed by atoms with Crippen LogP contribution < -0.4 is 10.6 Å². The van der Waals surface area contributed by atoms with Gasteiger partial charge in [-0.05, 0) is 29.0 Å². The second kappa shape index (κ2) is 6.24. The Balaban J connectivity index is 2.86. The lowest BCUT2D eigenvalue weighted by Crippen LogP contribution is -2.32. The van der Waals surface area contributed by atoms with Crippen molar-refractivity contribution in [1.82, 2.24) is 0 Å². The van der Waals surface area contributed by atoms with Crippen molar-refractivity contribution in [2.75, 3.05) is 24.5 Å². The zero-order valence-electron chi connectivity index (χ0n) is 12.5. The van der Waals surface area contributed by atoms with E-state index in [9.17, 15) is 0 Å². The highest BCUT2D eigenvalue weighted by Crippen LogP contribution is 2.25. The van der Waals surface area contributed by atoms with Gasteiger partial charge in [0.25, 0.3) is 0 Å². The normalized spacial score (nSPS) is 11.9. The van der Waals surface area contributed by atoms with Gasteiger partial charge in [-0.15, -0.1) is 0 Å². The van der Waals surface area contributed by atoms with Crippen LogP contribution in [0.1, 0.15) is 40.2 Å². The number of nitrogens with zero attached hydrogens (tertiary/aromatic N) is 1. The minimum Gasteiger partial charge on any atom is -0.370 e. The van der Waals surface area contributed by atoms with Crippen molar-refractivity contribution in [3.8, 4) is 0 Å². The Morgan fingerprint density at radius 2 is 1.67 bits per heavy atom. The summed E-state index contributed by atoms with van der Waals surface area (Å²) in [6.45, 7) is 13.9. The van der Waals surface area contributed by atoms with Crippen LogP contribution in [-0.4, -0.2) is 19.6 Å². The van der Waals surface area contributed by atoms with Crippen LogP contribution in [0, 0.1) is 5.92 Å². The van der Waals surface area contributed by atoms with E-state index in [0.717, 1.165) is 13.1 Å². The summed E-state index contributed by atoms with van der Waals surface area (Å²) in [5.74, 6) is 0.652. The predicted molar refractivity (Wildman–Crippen MR) is 81.2 cm³/mol. The third kappa shape index (κ3) is 4.34. The van der Waals surface area contributed by atoms with E-state index < -0.39 is 0 Å². The van der Waals surface area contributed by atoms with Crippen LogP contribution >= 0.6 is 0 Å². The molecule has 1 aromatic rings. The average molecular weight is 248 g/mol. The fraction of sp³-hybridized carbons (Fsp3) is 0.625. The zero-order chi connectivity index (χ0) is 13.8. The quantitative estimate of drug-likeness (QED) is 0.865. The van der Waals surface area contributed by atoms with E-state index in [1.165, 1.54) is 11.3 Å². The molecule has 0 atom stereocenters. The molecule has 0 saturated heterocycles. The van der Waals surface area contributed by atoms with Gasteiger partial charge in [0, 0.05) is 25.3 Å². The van der Waals surface area contributed by atoms with Crippen molar-refractivity contribution in [1.29, 1.82) is 0 Å². The van der Waals surface area contributed by atoms with E-state index in [2.05, 4.69) is 63.8 Å². The molecule has 2 N–H and O–H groups in total. The second-order valence-electron chi connectivity index (χ2n) is 6.43. The third-order valence-electron chi connectivity index (χ3n) is 3.08. The van der Waals surface area contributed by atoms with E-state index in [-0.39, 0.29) is 5.41 Å². The molecular weight excluding hydrogens is 220 g/mol.